The van der Waals surface area contributed by atoms with Gasteiger partial charge in [0.15, 0.2) is 11.5 Å². The fourth-order valence-electron chi connectivity index (χ4n) is 2.56. The minimum absolute atomic E-state index is 0.177. The first-order valence-electron chi connectivity index (χ1n) is 8.40. The quantitative estimate of drug-likeness (QED) is 0.630. The lowest BCUT2D eigenvalue weighted by molar-refractivity contribution is 0.103. The van der Waals surface area contributed by atoms with Gasteiger partial charge in [-0.3, -0.25) is 4.79 Å². The Balaban J connectivity index is 1.65. The van der Waals surface area contributed by atoms with Gasteiger partial charge in [-0.05, 0) is 48.2 Å². The van der Waals surface area contributed by atoms with E-state index in [-0.39, 0.29) is 5.91 Å². The molecule has 0 bridgehead atoms. The van der Waals surface area contributed by atoms with Gasteiger partial charge in [0.05, 0.1) is 24.8 Å². The fraction of sp³-hybridized carbons (Fsp3) is 0.190. The third-order valence-corrected chi connectivity index (χ3v) is 4.92. The van der Waals surface area contributed by atoms with Gasteiger partial charge in [0, 0.05) is 5.56 Å². The first-order valence-corrected chi connectivity index (χ1v) is 9.28. The first-order chi connectivity index (χ1) is 13.1. The average molecular weight is 383 g/mol. The standard InChI is InChI=1S/C21H21NO4S/c1-14-8-9-18(19(10-14)25-3)26-12-15-11-20(27-13-15)21(23)22-16-6-4-5-7-17(16)24-2/h4-11,13H,12H2,1-3H3,(H,22,23). The molecule has 140 valence electrons. The maximum absolute atomic E-state index is 12.5. The molecule has 0 aliphatic heterocycles. The molecule has 5 nitrogen and oxygen atoms in total. The second kappa shape index (κ2) is 8.60. The highest BCUT2D eigenvalue weighted by molar-refractivity contribution is 7.12. The second-order valence-electron chi connectivity index (χ2n) is 5.92. The number of amides is 1. The number of aryl methyl sites for hydroxylation is 1. The van der Waals surface area contributed by atoms with Gasteiger partial charge >= 0.3 is 0 Å². The van der Waals surface area contributed by atoms with E-state index < -0.39 is 0 Å². The number of para-hydroxylation sites is 2. The number of rotatable bonds is 7. The minimum Gasteiger partial charge on any atom is -0.495 e. The highest BCUT2D eigenvalue weighted by Crippen LogP contribution is 2.29. The Labute approximate surface area is 162 Å². The molecule has 0 aliphatic carbocycles. The van der Waals surface area contributed by atoms with E-state index >= 15 is 0 Å². The molecule has 0 atom stereocenters. The van der Waals surface area contributed by atoms with Gasteiger partial charge in [0.25, 0.3) is 5.91 Å². The molecular formula is C21H21NO4S. The monoisotopic (exact) mass is 383 g/mol. The number of ether oxygens (including phenoxy) is 3. The Bertz CT molecular complexity index is 935. The van der Waals surface area contributed by atoms with Crippen LogP contribution in [-0.2, 0) is 6.61 Å². The minimum atomic E-state index is -0.177. The molecule has 0 fully saturated rings. The zero-order valence-electron chi connectivity index (χ0n) is 15.4. The zero-order valence-corrected chi connectivity index (χ0v) is 16.3. The Morgan fingerprint density at radius 1 is 1.00 bits per heavy atom. The molecule has 0 radical (unpaired) electrons. The van der Waals surface area contributed by atoms with Gasteiger partial charge in [-0.25, -0.2) is 0 Å². The van der Waals surface area contributed by atoms with Crippen LogP contribution in [0.5, 0.6) is 17.2 Å². The number of nitrogens with one attached hydrogen (secondary N) is 1. The van der Waals surface area contributed by atoms with Gasteiger partial charge in [0.1, 0.15) is 12.4 Å². The third-order valence-electron chi connectivity index (χ3n) is 3.95. The molecule has 0 saturated carbocycles. The van der Waals surface area contributed by atoms with Crippen molar-refractivity contribution in [2.75, 3.05) is 19.5 Å². The molecule has 0 unspecified atom stereocenters. The van der Waals surface area contributed by atoms with E-state index in [0.717, 1.165) is 11.1 Å². The molecule has 3 aromatic rings. The Kier molecular flexibility index (Phi) is 5.98. The van der Waals surface area contributed by atoms with Crippen LogP contribution in [0.1, 0.15) is 20.8 Å². The smallest absolute Gasteiger partial charge is 0.265 e. The SMILES string of the molecule is COc1ccccc1NC(=O)c1cc(COc2ccc(C)cc2OC)cs1. The molecule has 1 heterocycles. The van der Waals surface area contributed by atoms with Crippen LogP contribution in [0, 0.1) is 6.92 Å². The van der Waals surface area contributed by atoms with Crippen molar-refractivity contribution in [1.82, 2.24) is 0 Å². The molecule has 0 saturated heterocycles. The highest BCUT2D eigenvalue weighted by atomic mass is 32.1. The van der Waals surface area contributed by atoms with Crippen molar-refractivity contribution in [3.63, 3.8) is 0 Å². The van der Waals surface area contributed by atoms with E-state index in [1.807, 2.05) is 48.7 Å². The van der Waals surface area contributed by atoms with Crippen molar-refractivity contribution in [2.24, 2.45) is 0 Å². The lowest BCUT2D eigenvalue weighted by atomic mass is 10.2. The summed E-state index contributed by atoms with van der Waals surface area (Å²) in [6, 6.07) is 14.9. The summed E-state index contributed by atoms with van der Waals surface area (Å²) in [5.74, 6) is 1.81. The third kappa shape index (κ3) is 4.60. The molecule has 6 heteroatoms. The highest BCUT2D eigenvalue weighted by Gasteiger charge is 2.13. The van der Waals surface area contributed by atoms with Crippen LogP contribution < -0.4 is 19.5 Å². The van der Waals surface area contributed by atoms with Crippen molar-refractivity contribution in [2.45, 2.75) is 13.5 Å². The van der Waals surface area contributed by atoms with Crippen LogP contribution in [0.25, 0.3) is 0 Å². The number of thiophene rings is 1. The van der Waals surface area contributed by atoms with Crippen molar-refractivity contribution < 1.29 is 19.0 Å². The molecule has 3 rings (SSSR count). The summed E-state index contributed by atoms with van der Waals surface area (Å²) < 4.78 is 16.5. The fourth-order valence-corrected chi connectivity index (χ4v) is 3.35. The van der Waals surface area contributed by atoms with Crippen molar-refractivity contribution in [3.05, 3.63) is 69.9 Å². The predicted octanol–water partition coefficient (Wildman–Crippen LogP) is 4.91. The van der Waals surface area contributed by atoms with Gasteiger partial charge < -0.3 is 19.5 Å². The number of hydrogen-bond acceptors (Lipinski definition) is 5. The number of anilines is 1. The molecule has 27 heavy (non-hydrogen) atoms. The van der Waals surface area contributed by atoms with Gasteiger partial charge in [-0.15, -0.1) is 11.3 Å². The molecule has 1 aromatic heterocycles. The average Bonchev–Trinajstić information content (AvgIpc) is 3.16. The van der Waals surface area contributed by atoms with E-state index in [9.17, 15) is 4.79 Å². The summed E-state index contributed by atoms with van der Waals surface area (Å²) in [6.07, 6.45) is 0. The van der Waals surface area contributed by atoms with Crippen LogP contribution in [0.4, 0.5) is 5.69 Å². The topological polar surface area (TPSA) is 56.8 Å². The van der Waals surface area contributed by atoms with Crippen LogP contribution in [-0.4, -0.2) is 20.1 Å². The maximum Gasteiger partial charge on any atom is 0.265 e. The largest absolute Gasteiger partial charge is 0.495 e. The van der Waals surface area contributed by atoms with E-state index in [1.165, 1.54) is 11.3 Å². The van der Waals surface area contributed by atoms with Crippen LogP contribution in [0.3, 0.4) is 0 Å². The molecule has 2 aromatic carbocycles. The van der Waals surface area contributed by atoms with E-state index in [0.29, 0.717) is 34.4 Å². The maximum atomic E-state index is 12.5. The molecule has 0 spiro atoms. The molecule has 1 amide bonds. The number of benzene rings is 2. The Hall–Kier alpha value is -2.99. The molecule has 1 N–H and O–H groups in total. The van der Waals surface area contributed by atoms with Crippen molar-refractivity contribution in [3.8, 4) is 17.2 Å². The Morgan fingerprint density at radius 3 is 2.56 bits per heavy atom. The number of carbonyl (C=O) groups is 1. The lowest BCUT2D eigenvalue weighted by Gasteiger charge is -2.10. The molecule has 0 aliphatic rings. The number of carbonyl (C=O) groups excluding carboxylic acids is 1. The van der Waals surface area contributed by atoms with E-state index in [1.54, 1.807) is 26.4 Å². The van der Waals surface area contributed by atoms with Crippen LogP contribution >= 0.6 is 11.3 Å². The van der Waals surface area contributed by atoms with Gasteiger partial charge in [-0.1, -0.05) is 18.2 Å². The number of hydrogen-bond donors (Lipinski definition) is 1. The lowest BCUT2D eigenvalue weighted by Crippen LogP contribution is -2.11. The summed E-state index contributed by atoms with van der Waals surface area (Å²) in [7, 11) is 3.19. The van der Waals surface area contributed by atoms with Crippen LogP contribution in [0.2, 0.25) is 0 Å². The van der Waals surface area contributed by atoms with E-state index in [2.05, 4.69) is 5.32 Å². The van der Waals surface area contributed by atoms with Crippen LogP contribution in [0.15, 0.2) is 53.9 Å². The summed E-state index contributed by atoms with van der Waals surface area (Å²) in [4.78, 5) is 13.1. The summed E-state index contributed by atoms with van der Waals surface area (Å²) in [6.45, 7) is 2.36. The van der Waals surface area contributed by atoms with Gasteiger partial charge in [0.2, 0.25) is 0 Å². The number of methoxy groups -OCH3 is 2. The Morgan fingerprint density at radius 2 is 1.78 bits per heavy atom. The normalized spacial score (nSPS) is 10.3. The first kappa shape index (κ1) is 18.8. The van der Waals surface area contributed by atoms with E-state index in [4.69, 9.17) is 14.2 Å². The van der Waals surface area contributed by atoms with Crippen molar-refractivity contribution in [1.29, 1.82) is 0 Å². The summed E-state index contributed by atoms with van der Waals surface area (Å²) >= 11 is 1.37. The summed E-state index contributed by atoms with van der Waals surface area (Å²) in [5.41, 5.74) is 2.67. The van der Waals surface area contributed by atoms with Crippen molar-refractivity contribution >= 4 is 22.9 Å². The molecular weight excluding hydrogens is 362 g/mol. The summed E-state index contributed by atoms with van der Waals surface area (Å²) in [5, 5.41) is 4.79. The zero-order chi connectivity index (χ0) is 19.2. The van der Waals surface area contributed by atoms with Gasteiger partial charge in [-0.2, -0.15) is 0 Å². The second-order valence-corrected chi connectivity index (χ2v) is 6.83. The predicted molar refractivity (Wildman–Crippen MR) is 107 cm³/mol.